The summed E-state index contributed by atoms with van der Waals surface area (Å²) < 4.78 is 7.83. The molecule has 5 nitrogen and oxygen atoms in total. The number of hydrogen-bond donors (Lipinski definition) is 1. The lowest BCUT2D eigenvalue weighted by Crippen LogP contribution is -2.10. The van der Waals surface area contributed by atoms with Gasteiger partial charge in [0.25, 0.3) is 0 Å². The van der Waals surface area contributed by atoms with Crippen LogP contribution in [-0.4, -0.2) is 17.6 Å². The molecule has 0 aliphatic carbocycles. The summed E-state index contributed by atoms with van der Waals surface area (Å²) in [4.78, 5) is 24.1. The fourth-order valence-corrected chi connectivity index (χ4v) is 3.59. The van der Waals surface area contributed by atoms with Crippen LogP contribution in [0.1, 0.15) is 12.5 Å². The number of nitrogens with zero attached hydrogens (tertiary/aromatic N) is 1. The fourth-order valence-electron chi connectivity index (χ4n) is 2.60. The monoisotopic (exact) mass is 354 g/mol. The van der Waals surface area contributed by atoms with E-state index in [4.69, 9.17) is 4.74 Å². The van der Waals surface area contributed by atoms with Gasteiger partial charge in [-0.25, -0.2) is 0 Å². The number of anilines is 1. The van der Waals surface area contributed by atoms with Crippen LogP contribution in [0.5, 0.6) is 5.75 Å². The maximum atomic E-state index is 12.1. The Hall–Kier alpha value is -2.86. The summed E-state index contributed by atoms with van der Waals surface area (Å²) in [7, 11) is 1.59. The number of methoxy groups -OCH3 is 1. The van der Waals surface area contributed by atoms with Crippen LogP contribution in [0.25, 0.3) is 16.3 Å². The molecule has 25 heavy (non-hydrogen) atoms. The van der Waals surface area contributed by atoms with E-state index in [0.717, 1.165) is 15.8 Å². The Morgan fingerprint density at radius 1 is 1.28 bits per heavy atom. The summed E-state index contributed by atoms with van der Waals surface area (Å²) in [6, 6.07) is 13.0. The Bertz CT molecular complexity index is 1000. The number of ether oxygens (including phenoxy) is 1. The van der Waals surface area contributed by atoms with Crippen LogP contribution in [0.3, 0.4) is 0 Å². The fraction of sp³-hybridized carbons (Fsp3) is 0.158. The predicted octanol–water partition coefficient (Wildman–Crippen LogP) is 3.74. The molecule has 0 bridgehead atoms. The van der Waals surface area contributed by atoms with Gasteiger partial charge in [0.05, 0.1) is 17.3 Å². The molecular weight excluding hydrogens is 336 g/mol. The van der Waals surface area contributed by atoms with Crippen molar-refractivity contribution in [3.05, 3.63) is 63.8 Å². The molecule has 0 saturated heterocycles. The Balaban J connectivity index is 1.78. The summed E-state index contributed by atoms with van der Waals surface area (Å²) >= 11 is 1.18. The van der Waals surface area contributed by atoms with Crippen molar-refractivity contribution < 1.29 is 9.53 Å². The summed E-state index contributed by atoms with van der Waals surface area (Å²) in [6.45, 7) is 2.57. The van der Waals surface area contributed by atoms with E-state index in [1.807, 2.05) is 43.3 Å². The molecule has 3 aromatic rings. The lowest BCUT2D eigenvalue weighted by atomic mass is 10.2. The molecule has 1 N–H and O–H groups in total. The van der Waals surface area contributed by atoms with Gasteiger partial charge < -0.3 is 10.1 Å². The first-order valence-electron chi connectivity index (χ1n) is 7.88. The second kappa shape index (κ2) is 7.36. The van der Waals surface area contributed by atoms with Crippen molar-refractivity contribution in [2.24, 2.45) is 0 Å². The maximum Gasteiger partial charge on any atom is 0.308 e. The highest BCUT2D eigenvalue weighted by Crippen LogP contribution is 2.22. The summed E-state index contributed by atoms with van der Waals surface area (Å²) in [5.74, 6) is 0.464. The van der Waals surface area contributed by atoms with Crippen molar-refractivity contribution in [3.8, 4) is 5.75 Å². The van der Waals surface area contributed by atoms with Gasteiger partial charge in [0.1, 0.15) is 5.75 Å². The Kier molecular flexibility index (Phi) is 5.00. The number of aromatic nitrogens is 1. The number of rotatable bonds is 5. The van der Waals surface area contributed by atoms with Crippen LogP contribution in [0.15, 0.2) is 53.3 Å². The number of hydrogen-bond acceptors (Lipinski definition) is 4. The number of carbonyl (C=O) groups excluding carboxylic acids is 1. The minimum Gasteiger partial charge on any atom is -0.496 e. The highest BCUT2D eigenvalue weighted by Gasteiger charge is 2.07. The third-order valence-corrected chi connectivity index (χ3v) is 4.75. The van der Waals surface area contributed by atoms with Gasteiger partial charge in [-0.2, -0.15) is 0 Å². The van der Waals surface area contributed by atoms with Crippen LogP contribution >= 0.6 is 11.3 Å². The largest absolute Gasteiger partial charge is 0.496 e. The summed E-state index contributed by atoms with van der Waals surface area (Å²) in [5.41, 5.74) is 2.38. The zero-order valence-corrected chi connectivity index (χ0v) is 14.8. The molecule has 0 saturated carbocycles. The van der Waals surface area contributed by atoms with E-state index in [9.17, 15) is 9.59 Å². The van der Waals surface area contributed by atoms with Gasteiger partial charge in [0.2, 0.25) is 5.91 Å². The summed E-state index contributed by atoms with van der Waals surface area (Å²) in [5, 5.41) is 2.82. The summed E-state index contributed by atoms with van der Waals surface area (Å²) in [6.07, 6.45) is 3.17. The first kappa shape index (κ1) is 17.0. The Labute approximate surface area is 149 Å². The molecule has 6 heteroatoms. The number of benzene rings is 2. The molecule has 0 atom stereocenters. The number of thiazole rings is 1. The molecule has 0 spiro atoms. The van der Waals surface area contributed by atoms with Crippen LogP contribution in [0.2, 0.25) is 0 Å². The number of aryl methyl sites for hydroxylation is 1. The van der Waals surface area contributed by atoms with Crippen molar-refractivity contribution >= 4 is 39.2 Å². The number of fused-ring (bicyclic) bond motifs is 1. The second-order valence-corrected chi connectivity index (χ2v) is 6.35. The SMILES string of the molecule is CCn1c(=O)sc2cc(NC(=O)/C=C/c3ccccc3OC)ccc21. The Morgan fingerprint density at radius 2 is 2.08 bits per heavy atom. The average molecular weight is 354 g/mol. The molecule has 0 radical (unpaired) electrons. The second-order valence-electron chi connectivity index (χ2n) is 5.36. The highest BCUT2D eigenvalue weighted by atomic mass is 32.1. The molecule has 0 aliphatic heterocycles. The molecule has 0 aliphatic rings. The molecule has 1 aromatic heterocycles. The molecule has 3 rings (SSSR count). The standard InChI is InChI=1S/C19H18N2O3S/c1-3-21-15-10-9-14(12-17(15)25-19(21)23)20-18(22)11-8-13-6-4-5-7-16(13)24-2/h4-12H,3H2,1-2H3,(H,20,22)/b11-8+. The molecule has 1 heterocycles. The third kappa shape index (κ3) is 3.64. The third-order valence-electron chi connectivity index (χ3n) is 3.81. The lowest BCUT2D eigenvalue weighted by molar-refractivity contribution is -0.111. The Morgan fingerprint density at radius 3 is 2.84 bits per heavy atom. The van der Waals surface area contributed by atoms with Gasteiger partial charge in [-0.05, 0) is 37.3 Å². The topological polar surface area (TPSA) is 60.3 Å². The van der Waals surface area contributed by atoms with Gasteiger partial charge in [0.15, 0.2) is 0 Å². The first-order valence-corrected chi connectivity index (χ1v) is 8.69. The van der Waals surface area contributed by atoms with E-state index < -0.39 is 0 Å². The molecular formula is C19H18N2O3S. The van der Waals surface area contributed by atoms with E-state index in [2.05, 4.69) is 5.32 Å². The van der Waals surface area contributed by atoms with Gasteiger partial charge >= 0.3 is 4.87 Å². The van der Waals surface area contributed by atoms with Crippen molar-refractivity contribution in [2.75, 3.05) is 12.4 Å². The quantitative estimate of drug-likeness (QED) is 0.710. The zero-order chi connectivity index (χ0) is 17.8. The number of para-hydroxylation sites is 1. The molecule has 0 unspecified atom stereocenters. The van der Waals surface area contributed by atoms with Gasteiger partial charge in [-0.15, -0.1) is 0 Å². The molecule has 0 fully saturated rings. The van der Waals surface area contributed by atoms with Crippen LogP contribution in [-0.2, 0) is 11.3 Å². The predicted molar refractivity (Wildman–Crippen MR) is 102 cm³/mol. The molecule has 2 aromatic carbocycles. The van der Waals surface area contributed by atoms with Crippen molar-refractivity contribution in [3.63, 3.8) is 0 Å². The normalized spacial score (nSPS) is 11.1. The smallest absolute Gasteiger partial charge is 0.308 e. The first-order chi connectivity index (χ1) is 12.1. The molecule has 128 valence electrons. The highest BCUT2D eigenvalue weighted by molar-refractivity contribution is 7.16. The molecule has 1 amide bonds. The van der Waals surface area contributed by atoms with Gasteiger partial charge in [-0.3, -0.25) is 14.2 Å². The van der Waals surface area contributed by atoms with E-state index in [1.54, 1.807) is 23.8 Å². The van der Waals surface area contributed by atoms with Gasteiger partial charge in [-0.1, -0.05) is 29.5 Å². The average Bonchev–Trinajstić information content (AvgIpc) is 2.94. The van der Waals surface area contributed by atoms with Crippen LogP contribution in [0.4, 0.5) is 5.69 Å². The van der Waals surface area contributed by atoms with Crippen LogP contribution in [0, 0.1) is 0 Å². The minimum absolute atomic E-state index is 0.0112. The van der Waals surface area contributed by atoms with E-state index >= 15 is 0 Å². The van der Waals surface area contributed by atoms with Crippen molar-refractivity contribution in [1.29, 1.82) is 0 Å². The number of amides is 1. The van der Waals surface area contributed by atoms with E-state index in [-0.39, 0.29) is 10.8 Å². The maximum absolute atomic E-state index is 12.1. The number of carbonyl (C=O) groups is 1. The van der Waals surface area contributed by atoms with Crippen molar-refractivity contribution in [2.45, 2.75) is 13.5 Å². The van der Waals surface area contributed by atoms with Crippen LogP contribution < -0.4 is 14.9 Å². The van der Waals surface area contributed by atoms with Crippen molar-refractivity contribution in [1.82, 2.24) is 4.57 Å². The zero-order valence-electron chi connectivity index (χ0n) is 14.0. The van der Waals surface area contributed by atoms with E-state index in [0.29, 0.717) is 18.0 Å². The van der Waals surface area contributed by atoms with E-state index in [1.165, 1.54) is 17.4 Å². The minimum atomic E-state index is -0.243. The number of nitrogens with one attached hydrogen (secondary N) is 1. The van der Waals surface area contributed by atoms with Gasteiger partial charge in [0, 0.05) is 23.9 Å². The lowest BCUT2D eigenvalue weighted by Gasteiger charge is -2.05.